The normalized spacial score (nSPS) is 11.2. The second kappa shape index (κ2) is 8.63. The molecule has 1 N–H and O–H groups in total. The van der Waals surface area contributed by atoms with E-state index in [1.165, 1.54) is 17.4 Å². The van der Waals surface area contributed by atoms with Crippen molar-refractivity contribution < 1.29 is 14.3 Å². The summed E-state index contributed by atoms with van der Waals surface area (Å²) >= 11 is 1.37. The summed E-state index contributed by atoms with van der Waals surface area (Å²) < 4.78 is 5.05. The van der Waals surface area contributed by atoms with Gasteiger partial charge in [0.2, 0.25) is 5.78 Å². The maximum absolute atomic E-state index is 12.9. The Hall–Kier alpha value is -3.57. The van der Waals surface area contributed by atoms with Crippen LogP contribution in [0.2, 0.25) is 0 Å². The maximum atomic E-state index is 12.9. The highest BCUT2D eigenvalue weighted by Crippen LogP contribution is 2.25. The van der Waals surface area contributed by atoms with Gasteiger partial charge in [0.25, 0.3) is 0 Å². The van der Waals surface area contributed by atoms with E-state index in [4.69, 9.17) is 4.74 Å². The summed E-state index contributed by atoms with van der Waals surface area (Å²) in [6.07, 6.45) is 3.11. The lowest BCUT2D eigenvalue weighted by Crippen LogP contribution is -2.08. The number of carbonyl (C=O) groups excluding carboxylic acids is 2. The summed E-state index contributed by atoms with van der Waals surface area (Å²) in [5.41, 5.74) is 2.62. The molecule has 3 aromatic rings. The van der Waals surface area contributed by atoms with Crippen molar-refractivity contribution in [3.05, 3.63) is 63.6 Å². The average Bonchev–Trinajstić information content (AvgIpc) is 3.30. The van der Waals surface area contributed by atoms with Gasteiger partial charge in [0, 0.05) is 17.3 Å². The third-order valence-electron chi connectivity index (χ3n) is 4.21. The fourth-order valence-corrected chi connectivity index (χ4v) is 3.63. The molecule has 0 saturated carbocycles. The lowest BCUT2D eigenvalue weighted by Gasteiger charge is -2.02. The number of pyridine rings is 1. The summed E-state index contributed by atoms with van der Waals surface area (Å²) in [4.78, 5) is 36.6. The van der Waals surface area contributed by atoms with Crippen LogP contribution in [0.3, 0.4) is 0 Å². The Morgan fingerprint density at radius 2 is 2.14 bits per heavy atom. The number of esters is 1. The van der Waals surface area contributed by atoms with Crippen molar-refractivity contribution >= 4 is 29.2 Å². The highest BCUT2D eigenvalue weighted by Gasteiger charge is 2.25. The van der Waals surface area contributed by atoms with Crippen molar-refractivity contribution in [1.29, 1.82) is 5.26 Å². The molecule has 3 heterocycles. The van der Waals surface area contributed by atoms with Crippen molar-refractivity contribution in [2.24, 2.45) is 0 Å². The molecule has 0 fully saturated rings. The lowest BCUT2D eigenvalue weighted by atomic mass is 10.0. The van der Waals surface area contributed by atoms with E-state index in [0.29, 0.717) is 27.5 Å². The molecule has 3 aromatic heterocycles. The first-order valence-corrected chi connectivity index (χ1v) is 9.73. The monoisotopic (exact) mass is 406 g/mol. The number of rotatable bonds is 6. The van der Waals surface area contributed by atoms with Gasteiger partial charge in [-0.1, -0.05) is 6.07 Å². The van der Waals surface area contributed by atoms with Gasteiger partial charge in [-0.15, -0.1) is 11.3 Å². The molecule has 0 aliphatic carbocycles. The van der Waals surface area contributed by atoms with Gasteiger partial charge in [-0.3, -0.25) is 9.78 Å². The minimum absolute atomic E-state index is 0.0809. The number of thiazole rings is 1. The average molecular weight is 406 g/mol. The van der Waals surface area contributed by atoms with Crippen molar-refractivity contribution in [3.63, 3.8) is 0 Å². The third kappa shape index (κ3) is 4.15. The van der Waals surface area contributed by atoms with E-state index in [2.05, 4.69) is 15.0 Å². The van der Waals surface area contributed by atoms with E-state index < -0.39 is 11.8 Å². The molecule has 0 amide bonds. The number of nitrogens with zero attached hydrogens (tertiary/aromatic N) is 3. The van der Waals surface area contributed by atoms with Gasteiger partial charge >= 0.3 is 5.97 Å². The Morgan fingerprint density at radius 1 is 1.34 bits per heavy atom. The molecule has 29 heavy (non-hydrogen) atoms. The van der Waals surface area contributed by atoms with E-state index in [9.17, 15) is 14.9 Å². The first kappa shape index (κ1) is 20.2. The van der Waals surface area contributed by atoms with Crippen LogP contribution in [0.1, 0.15) is 44.7 Å². The van der Waals surface area contributed by atoms with Gasteiger partial charge in [0.05, 0.1) is 29.3 Å². The van der Waals surface area contributed by atoms with E-state index in [-0.39, 0.29) is 17.9 Å². The molecule has 0 saturated heterocycles. The molecule has 7 nitrogen and oxygen atoms in total. The number of H-pyrrole nitrogens is 1. The van der Waals surface area contributed by atoms with Gasteiger partial charge in [-0.05, 0) is 44.5 Å². The molecular weight excluding hydrogens is 388 g/mol. The number of nitriles is 1. The number of aromatic nitrogens is 3. The summed E-state index contributed by atoms with van der Waals surface area (Å²) in [5.74, 6) is -1.00. The molecule has 146 valence electrons. The number of hydrogen-bond acceptors (Lipinski definition) is 7. The molecule has 0 unspecified atom stereocenters. The molecular formula is C21H18N4O3S. The van der Waals surface area contributed by atoms with Crippen LogP contribution in [0.4, 0.5) is 0 Å². The fourth-order valence-electron chi connectivity index (χ4n) is 2.88. The number of Topliss-reactive ketones (excluding diaryl/α,β-unsaturated/α-hetero) is 1. The van der Waals surface area contributed by atoms with E-state index in [1.807, 2.05) is 24.3 Å². The number of aromatic amines is 1. The van der Waals surface area contributed by atoms with Gasteiger partial charge in [-0.2, -0.15) is 5.26 Å². The summed E-state index contributed by atoms with van der Waals surface area (Å²) in [6.45, 7) is 5.29. The maximum Gasteiger partial charge on any atom is 0.340 e. The van der Waals surface area contributed by atoms with Crippen LogP contribution in [0.25, 0.3) is 16.8 Å². The van der Waals surface area contributed by atoms with E-state index in [0.717, 1.165) is 5.69 Å². The summed E-state index contributed by atoms with van der Waals surface area (Å²) in [7, 11) is 0. The Balaban J connectivity index is 1.92. The minimum Gasteiger partial charge on any atom is -0.462 e. The smallest absolute Gasteiger partial charge is 0.340 e. The zero-order valence-electron chi connectivity index (χ0n) is 16.1. The Bertz CT molecular complexity index is 1140. The standard InChI is InChI=1S/C21H18N4O3S/c1-4-28-21(27)17-12(2)18(24-13(17)3)19(26)14(10-22)9-15-11-29-20(25-15)16-7-5-6-8-23-16/h5-9,11,24H,4H2,1-3H3/b14-9+. The molecule has 0 aromatic carbocycles. The Morgan fingerprint density at radius 3 is 2.79 bits per heavy atom. The third-order valence-corrected chi connectivity index (χ3v) is 5.09. The molecule has 0 aliphatic rings. The SMILES string of the molecule is CCOC(=O)c1c(C)[nH]c(C(=O)/C(C#N)=C/c2csc(-c3ccccn3)n2)c1C. The number of nitrogens with one attached hydrogen (secondary N) is 1. The number of aryl methyl sites for hydroxylation is 1. The van der Waals surface area contributed by atoms with Gasteiger partial charge in [-0.25, -0.2) is 9.78 Å². The van der Waals surface area contributed by atoms with Crippen LogP contribution in [-0.2, 0) is 4.74 Å². The number of ketones is 1. The molecule has 0 spiro atoms. The van der Waals surface area contributed by atoms with Crippen molar-refractivity contribution in [2.45, 2.75) is 20.8 Å². The zero-order chi connectivity index (χ0) is 21.0. The summed E-state index contributed by atoms with van der Waals surface area (Å²) in [5, 5.41) is 12.0. The molecule has 0 radical (unpaired) electrons. The van der Waals surface area contributed by atoms with Crippen LogP contribution in [0.15, 0.2) is 35.3 Å². The number of allylic oxidation sites excluding steroid dienone is 1. The number of carbonyl (C=O) groups is 2. The Kier molecular flexibility index (Phi) is 6.00. The minimum atomic E-state index is -0.504. The second-order valence-electron chi connectivity index (χ2n) is 6.14. The van der Waals surface area contributed by atoms with Crippen molar-refractivity contribution in [1.82, 2.24) is 15.0 Å². The predicted molar refractivity (Wildman–Crippen MR) is 109 cm³/mol. The largest absolute Gasteiger partial charge is 0.462 e. The Labute approximate surface area is 171 Å². The second-order valence-corrected chi connectivity index (χ2v) is 7.00. The van der Waals surface area contributed by atoms with Crippen LogP contribution >= 0.6 is 11.3 Å². The zero-order valence-corrected chi connectivity index (χ0v) is 17.0. The van der Waals surface area contributed by atoms with Crippen LogP contribution in [0.5, 0.6) is 0 Å². The highest BCUT2D eigenvalue weighted by molar-refractivity contribution is 7.13. The summed E-state index contributed by atoms with van der Waals surface area (Å²) in [6, 6.07) is 7.45. The van der Waals surface area contributed by atoms with E-state index in [1.54, 1.807) is 32.3 Å². The highest BCUT2D eigenvalue weighted by atomic mass is 32.1. The van der Waals surface area contributed by atoms with Gasteiger partial charge < -0.3 is 9.72 Å². The van der Waals surface area contributed by atoms with Gasteiger partial charge in [0.1, 0.15) is 16.6 Å². The van der Waals surface area contributed by atoms with Gasteiger partial charge in [0.15, 0.2) is 0 Å². The first-order valence-electron chi connectivity index (χ1n) is 8.86. The molecule has 3 rings (SSSR count). The van der Waals surface area contributed by atoms with Crippen LogP contribution in [-0.4, -0.2) is 33.3 Å². The number of hydrogen-bond donors (Lipinski definition) is 1. The molecule has 0 aliphatic heterocycles. The lowest BCUT2D eigenvalue weighted by molar-refractivity contribution is 0.0525. The van der Waals surface area contributed by atoms with E-state index >= 15 is 0 Å². The van der Waals surface area contributed by atoms with Crippen molar-refractivity contribution in [3.8, 4) is 16.8 Å². The van der Waals surface area contributed by atoms with Crippen LogP contribution < -0.4 is 0 Å². The van der Waals surface area contributed by atoms with Crippen LogP contribution in [0, 0.1) is 25.2 Å². The topological polar surface area (TPSA) is 109 Å². The fraction of sp³-hybridized carbons (Fsp3) is 0.190. The predicted octanol–water partition coefficient (Wildman–Crippen LogP) is 4.12. The molecule has 8 heteroatoms. The molecule has 0 atom stereocenters. The number of ether oxygens (including phenoxy) is 1. The van der Waals surface area contributed by atoms with Crippen molar-refractivity contribution in [2.75, 3.05) is 6.61 Å². The molecule has 0 bridgehead atoms. The first-order chi connectivity index (χ1) is 14.0. The quantitative estimate of drug-likeness (QED) is 0.285.